The molecule has 0 unspecified atom stereocenters. The zero-order valence-corrected chi connectivity index (χ0v) is 5.30. The lowest BCUT2D eigenvalue weighted by Crippen LogP contribution is -2.29. The molecule has 0 amide bonds. The average molecular weight is 108 g/mol. The highest BCUT2D eigenvalue weighted by Crippen LogP contribution is 2.46. The molecule has 0 N–H and O–H groups in total. The highest BCUT2D eigenvalue weighted by atomic mass is 14.4. The lowest BCUT2D eigenvalue weighted by atomic mass is 9.67. The molecule has 0 radical (unpaired) electrons. The van der Waals surface area contributed by atoms with E-state index in [-0.39, 0.29) is 0 Å². The van der Waals surface area contributed by atoms with Crippen LogP contribution in [0.5, 0.6) is 0 Å². The van der Waals surface area contributed by atoms with E-state index in [0.717, 1.165) is 17.8 Å². The molecule has 0 saturated heterocycles. The van der Waals surface area contributed by atoms with Crippen molar-refractivity contribution in [3.63, 3.8) is 0 Å². The van der Waals surface area contributed by atoms with Crippen molar-refractivity contribution in [3.8, 4) is 0 Å². The van der Waals surface area contributed by atoms with Gasteiger partial charge in [-0.3, -0.25) is 0 Å². The topological polar surface area (TPSA) is 0 Å². The van der Waals surface area contributed by atoms with Crippen LogP contribution in [0.25, 0.3) is 0 Å². The van der Waals surface area contributed by atoms with E-state index in [2.05, 4.69) is 19.1 Å². The number of rotatable bonds is 0. The van der Waals surface area contributed by atoms with Crippen LogP contribution in [0, 0.1) is 17.8 Å². The molecular formula is C8H12. The maximum absolute atomic E-state index is 2.39. The van der Waals surface area contributed by atoms with Crippen molar-refractivity contribution in [2.45, 2.75) is 19.8 Å². The Labute approximate surface area is 50.6 Å². The molecule has 0 heterocycles. The molecule has 0 aromatic heterocycles. The molecule has 2 aliphatic carbocycles. The summed E-state index contributed by atoms with van der Waals surface area (Å²) in [7, 11) is 0. The second-order valence-corrected chi connectivity index (χ2v) is 3.20. The molecule has 0 aromatic rings. The smallest absolute Gasteiger partial charge is 0.0197 e. The van der Waals surface area contributed by atoms with Crippen LogP contribution in [0.4, 0.5) is 0 Å². The van der Waals surface area contributed by atoms with Crippen molar-refractivity contribution < 1.29 is 0 Å². The summed E-state index contributed by atoms with van der Waals surface area (Å²) in [6, 6.07) is 0. The van der Waals surface area contributed by atoms with Gasteiger partial charge in [0.15, 0.2) is 0 Å². The third kappa shape index (κ3) is 0.410. The fraction of sp³-hybridized carbons (Fsp3) is 0.750. The van der Waals surface area contributed by atoms with Crippen molar-refractivity contribution in [2.75, 3.05) is 0 Å². The molecule has 2 rings (SSSR count). The molecule has 1 saturated carbocycles. The Hall–Kier alpha value is -0.260. The molecule has 0 spiro atoms. The van der Waals surface area contributed by atoms with Crippen LogP contribution in [0.1, 0.15) is 19.8 Å². The number of hydrogen-bond acceptors (Lipinski definition) is 0. The van der Waals surface area contributed by atoms with Crippen molar-refractivity contribution in [3.05, 3.63) is 12.2 Å². The first-order chi connectivity index (χ1) is 3.88. The summed E-state index contributed by atoms with van der Waals surface area (Å²) in [6.45, 7) is 2.37. The van der Waals surface area contributed by atoms with Gasteiger partial charge in [-0.1, -0.05) is 19.1 Å². The standard InChI is InChI=1S/C8H12/c1-6-5-7-3-2-4-8(6)7/h2-3,6-8H,4-5H2,1H3/t6-,7+,8-/m0/s1. The highest BCUT2D eigenvalue weighted by Gasteiger charge is 2.37. The predicted molar refractivity (Wildman–Crippen MR) is 34.5 cm³/mol. The third-order valence-corrected chi connectivity index (χ3v) is 2.72. The second-order valence-electron chi connectivity index (χ2n) is 3.20. The summed E-state index contributed by atoms with van der Waals surface area (Å²) in [4.78, 5) is 0. The molecule has 0 aromatic carbocycles. The quantitative estimate of drug-likeness (QED) is 0.417. The van der Waals surface area contributed by atoms with E-state index in [4.69, 9.17) is 0 Å². The summed E-state index contributed by atoms with van der Waals surface area (Å²) >= 11 is 0. The fourth-order valence-electron chi connectivity index (χ4n) is 2.04. The lowest BCUT2D eigenvalue weighted by Gasteiger charge is -2.37. The average Bonchev–Trinajstić information content (AvgIpc) is 2.09. The molecule has 2 aliphatic rings. The van der Waals surface area contributed by atoms with Gasteiger partial charge in [0.25, 0.3) is 0 Å². The third-order valence-electron chi connectivity index (χ3n) is 2.72. The van der Waals surface area contributed by atoms with Crippen LogP contribution in [-0.2, 0) is 0 Å². The molecule has 1 fully saturated rings. The molecule has 44 valence electrons. The Morgan fingerprint density at radius 1 is 1.50 bits per heavy atom. The van der Waals surface area contributed by atoms with Gasteiger partial charge in [-0.25, -0.2) is 0 Å². The zero-order chi connectivity index (χ0) is 5.56. The summed E-state index contributed by atoms with van der Waals surface area (Å²) in [6.07, 6.45) is 7.57. The first-order valence-corrected chi connectivity index (χ1v) is 3.54. The van der Waals surface area contributed by atoms with E-state index >= 15 is 0 Å². The van der Waals surface area contributed by atoms with Crippen LogP contribution in [-0.4, -0.2) is 0 Å². The minimum atomic E-state index is 0.991. The van der Waals surface area contributed by atoms with Crippen LogP contribution in [0.3, 0.4) is 0 Å². The second kappa shape index (κ2) is 1.37. The van der Waals surface area contributed by atoms with Gasteiger partial charge in [0.05, 0.1) is 0 Å². The summed E-state index contributed by atoms with van der Waals surface area (Å²) in [5, 5.41) is 0. The number of allylic oxidation sites excluding steroid dienone is 2. The van der Waals surface area contributed by atoms with E-state index in [9.17, 15) is 0 Å². The molecule has 0 aliphatic heterocycles. The van der Waals surface area contributed by atoms with E-state index in [1.54, 1.807) is 0 Å². The van der Waals surface area contributed by atoms with Crippen LogP contribution >= 0.6 is 0 Å². The normalized spacial score (nSPS) is 50.9. The summed E-state index contributed by atoms with van der Waals surface area (Å²) in [5.74, 6) is 3.06. The molecular weight excluding hydrogens is 96.1 g/mol. The van der Waals surface area contributed by atoms with Crippen molar-refractivity contribution in [2.24, 2.45) is 17.8 Å². The Morgan fingerprint density at radius 2 is 2.38 bits per heavy atom. The monoisotopic (exact) mass is 108 g/mol. The van der Waals surface area contributed by atoms with E-state index in [0.29, 0.717) is 0 Å². The zero-order valence-electron chi connectivity index (χ0n) is 5.30. The van der Waals surface area contributed by atoms with Gasteiger partial charge in [-0.2, -0.15) is 0 Å². The van der Waals surface area contributed by atoms with Gasteiger partial charge in [-0.05, 0) is 30.6 Å². The molecule has 0 bridgehead atoms. The first-order valence-electron chi connectivity index (χ1n) is 3.54. The Bertz CT molecular complexity index is 124. The predicted octanol–water partition coefficient (Wildman–Crippen LogP) is 2.22. The van der Waals surface area contributed by atoms with Crippen LogP contribution in [0.2, 0.25) is 0 Å². The Morgan fingerprint density at radius 3 is 2.88 bits per heavy atom. The van der Waals surface area contributed by atoms with Crippen LogP contribution < -0.4 is 0 Å². The van der Waals surface area contributed by atoms with Gasteiger partial charge in [-0.15, -0.1) is 0 Å². The van der Waals surface area contributed by atoms with Gasteiger partial charge in [0.1, 0.15) is 0 Å². The minimum absolute atomic E-state index is 0.991. The van der Waals surface area contributed by atoms with Gasteiger partial charge in [0.2, 0.25) is 0 Å². The molecule has 0 heteroatoms. The maximum atomic E-state index is 2.39. The molecule has 0 nitrogen and oxygen atoms in total. The first kappa shape index (κ1) is 4.60. The Balaban J connectivity index is 2.08. The van der Waals surface area contributed by atoms with Gasteiger partial charge >= 0.3 is 0 Å². The van der Waals surface area contributed by atoms with Gasteiger partial charge < -0.3 is 0 Å². The SMILES string of the molecule is C[C@H]1C[C@H]2C=CC[C@H]21. The van der Waals surface area contributed by atoms with Crippen molar-refractivity contribution >= 4 is 0 Å². The molecule has 8 heavy (non-hydrogen) atoms. The van der Waals surface area contributed by atoms with Crippen LogP contribution in [0.15, 0.2) is 12.2 Å². The highest BCUT2D eigenvalue weighted by molar-refractivity contribution is 5.08. The van der Waals surface area contributed by atoms with Gasteiger partial charge in [0, 0.05) is 0 Å². The van der Waals surface area contributed by atoms with E-state index in [1.807, 2.05) is 0 Å². The summed E-state index contributed by atoms with van der Waals surface area (Å²) < 4.78 is 0. The summed E-state index contributed by atoms with van der Waals surface area (Å²) in [5.41, 5.74) is 0. The van der Waals surface area contributed by atoms with Crippen molar-refractivity contribution in [1.82, 2.24) is 0 Å². The fourth-order valence-corrected chi connectivity index (χ4v) is 2.04. The largest absolute Gasteiger partial charge is 0.0879 e. The number of fused-ring (bicyclic) bond motifs is 1. The molecule has 3 atom stereocenters. The van der Waals surface area contributed by atoms with E-state index in [1.165, 1.54) is 12.8 Å². The minimum Gasteiger partial charge on any atom is -0.0879 e. The number of hydrogen-bond donors (Lipinski definition) is 0. The lowest BCUT2D eigenvalue weighted by molar-refractivity contribution is 0.143. The maximum Gasteiger partial charge on any atom is -0.0197 e. The van der Waals surface area contributed by atoms with Crippen molar-refractivity contribution in [1.29, 1.82) is 0 Å². The Kier molecular flexibility index (Phi) is 0.787. The van der Waals surface area contributed by atoms with E-state index < -0.39 is 0 Å².